The first-order valence-corrected chi connectivity index (χ1v) is 12.3. The quantitative estimate of drug-likeness (QED) is 0.314. The summed E-state index contributed by atoms with van der Waals surface area (Å²) in [5.41, 5.74) is 1.94. The maximum absolute atomic E-state index is 13.2. The summed E-state index contributed by atoms with van der Waals surface area (Å²) in [4.78, 5) is 32.4. The molecule has 1 N–H and O–H groups in total. The highest BCUT2D eigenvalue weighted by molar-refractivity contribution is 8.00. The third-order valence-corrected chi connectivity index (χ3v) is 7.59. The molecule has 1 atom stereocenters. The van der Waals surface area contributed by atoms with Gasteiger partial charge in [-0.05, 0) is 30.9 Å². The maximum Gasteiger partial charge on any atom is 0.263 e. The monoisotopic (exact) mass is 455 g/mol. The number of thiophene rings is 2. The van der Waals surface area contributed by atoms with Crippen LogP contribution in [-0.2, 0) is 17.9 Å². The van der Waals surface area contributed by atoms with Gasteiger partial charge in [-0.25, -0.2) is 4.98 Å². The van der Waals surface area contributed by atoms with Gasteiger partial charge in [0, 0.05) is 28.9 Å². The van der Waals surface area contributed by atoms with Crippen molar-refractivity contribution in [2.75, 3.05) is 0 Å². The SMILES string of the molecule is CCn1c(SC(C)C(=O)NCc2ccccc2)nc2scc(-c3cccs3)c2c1=O. The lowest BCUT2D eigenvalue weighted by atomic mass is 10.2. The molecule has 0 fully saturated rings. The molecule has 154 valence electrons. The third-order valence-electron chi connectivity index (χ3n) is 4.72. The molecule has 0 saturated carbocycles. The second-order valence-corrected chi connectivity index (χ2v) is 9.83. The Morgan fingerprint density at radius 3 is 2.70 bits per heavy atom. The van der Waals surface area contributed by atoms with Crippen LogP contribution in [0.25, 0.3) is 20.7 Å². The van der Waals surface area contributed by atoms with Crippen LogP contribution in [0.4, 0.5) is 0 Å². The van der Waals surface area contributed by atoms with Crippen molar-refractivity contribution in [1.82, 2.24) is 14.9 Å². The third kappa shape index (κ3) is 4.21. The van der Waals surface area contributed by atoms with E-state index in [1.54, 1.807) is 15.9 Å². The predicted molar refractivity (Wildman–Crippen MR) is 126 cm³/mol. The van der Waals surface area contributed by atoms with Crippen LogP contribution in [0.3, 0.4) is 0 Å². The van der Waals surface area contributed by atoms with Gasteiger partial charge in [0.05, 0.1) is 10.6 Å². The molecular weight excluding hydrogens is 434 g/mol. The highest BCUT2D eigenvalue weighted by atomic mass is 32.2. The van der Waals surface area contributed by atoms with Gasteiger partial charge in [0.1, 0.15) is 4.83 Å². The lowest BCUT2D eigenvalue weighted by Gasteiger charge is -2.15. The zero-order chi connectivity index (χ0) is 21.1. The number of hydrogen-bond acceptors (Lipinski definition) is 6. The van der Waals surface area contributed by atoms with E-state index in [9.17, 15) is 9.59 Å². The molecule has 0 aliphatic heterocycles. The number of nitrogens with one attached hydrogen (secondary N) is 1. The highest BCUT2D eigenvalue weighted by Crippen LogP contribution is 2.35. The summed E-state index contributed by atoms with van der Waals surface area (Å²) in [6, 6.07) is 13.8. The molecule has 5 nitrogen and oxygen atoms in total. The predicted octanol–water partition coefficient (Wildman–Crippen LogP) is 5.00. The van der Waals surface area contributed by atoms with E-state index < -0.39 is 0 Å². The van der Waals surface area contributed by atoms with Crippen molar-refractivity contribution in [2.45, 2.75) is 37.3 Å². The minimum atomic E-state index is -0.368. The van der Waals surface area contributed by atoms with Crippen molar-refractivity contribution in [1.29, 1.82) is 0 Å². The molecule has 4 rings (SSSR count). The average molecular weight is 456 g/mol. The number of amides is 1. The molecule has 30 heavy (non-hydrogen) atoms. The van der Waals surface area contributed by atoms with Crippen LogP contribution in [0.2, 0.25) is 0 Å². The summed E-state index contributed by atoms with van der Waals surface area (Å²) in [6.07, 6.45) is 0. The molecule has 0 spiro atoms. The van der Waals surface area contributed by atoms with E-state index in [2.05, 4.69) is 5.32 Å². The van der Waals surface area contributed by atoms with Crippen LogP contribution in [0.1, 0.15) is 19.4 Å². The Morgan fingerprint density at radius 1 is 1.20 bits per heavy atom. The van der Waals surface area contributed by atoms with Crippen LogP contribution in [0.15, 0.2) is 63.2 Å². The Hall–Kier alpha value is -2.42. The van der Waals surface area contributed by atoms with Crippen LogP contribution in [-0.4, -0.2) is 20.7 Å². The van der Waals surface area contributed by atoms with Crippen molar-refractivity contribution < 1.29 is 4.79 Å². The Kier molecular flexibility index (Phi) is 6.36. The van der Waals surface area contributed by atoms with Gasteiger partial charge < -0.3 is 5.32 Å². The maximum atomic E-state index is 13.2. The summed E-state index contributed by atoms with van der Waals surface area (Å²) in [7, 11) is 0. The van der Waals surface area contributed by atoms with Crippen molar-refractivity contribution in [2.24, 2.45) is 0 Å². The first-order chi connectivity index (χ1) is 14.6. The van der Waals surface area contributed by atoms with E-state index in [1.165, 1.54) is 23.1 Å². The molecule has 0 aliphatic rings. The fourth-order valence-corrected chi connectivity index (χ4v) is 5.93. The van der Waals surface area contributed by atoms with E-state index in [0.717, 1.165) is 16.0 Å². The molecule has 0 bridgehead atoms. The minimum absolute atomic E-state index is 0.0495. The summed E-state index contributed by atoms with van der Waals surface area (Å²) >= 11 is 4.41. The van der Waals surface area contributed by atoms with Crippen molar-refractivity contribution in [3.63, 3.8) is 0 Å². The van der Waals surface area contributed by atoms with Crippen LogP contribution >= 0.6 is 34.4 Å². The van der Waals surface area contributed by atoms with Gasteiger partial charge in [0.2, 0.25) is 5.91 Å². The molecule has 4 aromatic rings. The fourth-order valence-electron chi connectivity index (χ4n) is 3.13. The van der Waals surface area contributed by atoms with E-state index in [0.29, 0.717) is 28.5 Å². The molecule has 1 unspecified atom stereocenters. The van der Waals surface area contributed by atoms with Gasteiger partial charge >= 0.3 is 0 Å². The summed E-state index contributed by atoms with van der Waals surface area (Å²) in [5, 5.41) is 7.83. The minimum Gasteiger partial charge on any atom is -0.351 e. The van der Waals surface area contributed by atoms with Crippen molar-refractivity contribution in [3.05, 3.63) is 69.1 Å². The standard InChI is InChI=1S/C22H21N3O2S3/c1-3-25-21(27)18-16(17-10-7-11-28-17)13-29-20(18)24-22(25)30-14(2)19(26)23-12-15-8-5-4-6-9-15/h4-11,13-14H,3,12H2,1-2H3,(H,23,26). The molecule has 0 saturated heterocycles. The number of fused-ring (bicyclic) bond motifs is 1. The van der Waals surface area contributed by atoms with Crippen LogP contribution < -0.4 is 10.9 Å². The number of aromatic nitrogens is 2. The van der Waals surface area contributed by atoms with Crippen LogP contribution in [0, 0.1) is 0 Å². The van der Waals surface area contributed by atoms with E-state index in [1.807, 2.05) is 67.1 Å². The molecule has 8 heteroatoms. The number of carbonyl (C=O) groups excluding carboxylic acids is 1. The van der Waals surface area contributed by atoms with E-state index in [-0.39, 0.29) is 16.7 Å². The number of benzene rings is 1. The number of carbonyl (C=O) groups is 1. The Labute approximate surface area is 186 Å². The molecule has 1 aromatic carbocycles. The zero-order valence-corrected chi connectivity index (χ0v) is 19.1. The number of hydrogen-bond donors (Lipinski definition) is 1. The van der Waals surface area contributed by atoms with Crippen LogP contribution in [0.5, 0.6) is 0 Å². The highest BCUT2D eigenvalue weighted by Gasteiger charge is 2.21. The largest absolute Gasteiger partial charge is 0.351 e. The summed E-state index contributed by atoms with van der Waals surface area (Å²) < 4.78 is 1.66. The van der Waals surface area contributed by atoms with E-state index >= 15 is 0 Å². The molecule has 1 amide bonds. The van der Waals surface area contributed by atoms with Gasteiger partial charge in [-0.1, -0.05) is 48.2 Å². The topological polar surface area (TPSA) is 64.0 Å². The van der Waals surface area contributed by atoms with Gasteiger partial charge in [0.25, 0.3) is 5.56 Å². The normalized spacial score (nSPS) is 12.2. The lowest BCUT2D eigenvalue weighted by molar-refractivity contribution is -0.120. The van der Waals surface area contributed by atoms with E-state index in [4.69, 9.17) is 4.98 Å². The lowest BCUT2D eigenvalue weighted by Crippen LogP contribution is -2.31. The number of rotatable bonds is 7. The molecular formula is C22H21N3O2S3. The second-order valence-electron chi connectivity index (χ2n) is 6.71. The molecule has 0 radical (unpaired) electrons. The zero-order valence-electron chi connectivity index (χ0n) is 16.6. The van der Waals surface area contributed by atoms with Gasteiger partial charge in [0.15, 0.2) is 5.16 Å². The molecule has 3 heterocycles. The Balaban J connectivity index is 1.58. The number of thioether (sulfide) groups is 1. The first kappa shape index (κ1) is 20.8. The van der Waals surface area contributed by atoms with Gasteiger partial charge in [-0.2, -0.15) is 0 Å². The van der Waals surface area contributed by atoms with Gasteiger partial charge in [-0.15, -0.1) is 22.7 Å². The average Bonchev–Trinajstić information content (AvgIpc) is 3.42. The first-order valence-electron chi connectivity index (χ1n) is 9.62. The summed E-state index contributed by atoms with van der Waals surface area (Å²) in [6.45, 7) is 4.75. The fraction of sp³-hybridized carbons (Fsp3) is 0.227. The molecule has 3 aromatic heterocycles. The smallest absolute Gasteiger partial charge is 0.263 e. The second kappa shape index (κ2) is 9.16. The van der Waals surface area contributed by atoms with Gasteiger partial charge in [-0.3, -0.25) is 14.2 Å². The molecule has 0 aliphatic carbocycles. The number of nitrogens with zero attached hydrogens (tertiary/aromatic N) is 2. The Bertz CT molecular complexity index is 1210. The Morgan fingerprint density at radius 2 is 2.00 bits per heavy atom. The van der Waals surface area contributed by atoms with Crippen molar-refractivity contribution >= 4 is 50.6 Å². The summed E-state index contributed by atoms with van der Waals surface area (Å²) in [5.74, 6) is -0.0775. The van der Waals surface area contributed by atoms with Crippen molar-refractivity contribution in [3.8, 4) is 10.4 Å².